The van der Waals surface area contributed by atoms with E-state index in [-0.39, 0.29) is 5.56 Å². The molecule has 2 aromatic rings. The normalized spacial score (nSPS) is 14.8. The van der Waals surface area contributed by atoms with Gasteiger partial charge in [-0.15, -0.1) is 11.3 Å². The Kier molecular flexibility index (Phi) is 4.03. The molecule has 21 heavy (non-hydrogen) atoms. The first-order valence-electron chi connectivity index (χ1n) is 6.81. The van der Waals surface area contributed by atoms with Crippen LogP contribution in [0.15, 0.2) is 29.6 Å². The minimum absolute atomic E-state index is 0.0139. The maximum Gasteiger partial charge on any atom is 0.340 e. The van der Waals surface area contributed by atoms with Crippen LogP contribution in [0, 0.1) is 5.82 Å². The minimum Gasteiger partial charge on any atom is -0.465 e. The highest BCUT2D eigenvalue weighted by Crippen LogP contribution is 2.25. The van der Waals surface area contributed by atoms with Crippen molar-refractivity contribution in [2.75, 3.05) is 13.7 Å². The van der Waals surface area contributed by atoms with E-state index in [2.05, 4.69) is 21.1 Å². The average molecular weight is 305 g/mol. The van der Waals surface area contributed by atoms with E-state index in [0.717, 1.165) is 25.1 Å². The number of carbonyl (C=O) groups is 1. The lowest BCUT2D eigenvalue weighted by atomic mass is 10.1. The van der Waals surface area contributed by atoms with Crippen molar-refractivity contribution >= 4 is 17.3 Å². The lowest BCUT2D eigenvalue weighted by Gasteiger charge is -2.26. The zero-order chi connectivity index (χ0) is 14.8. The van der Waals surface area contributed by atoms with Crippen LogP contribution in [0.5, 0.6) is 0 Å². The van der Waals surface area contributed by atoms with Gasteiger partial charge < -0.3 is 4.74 Å². The maximum absolute atomic E-state index is 13.9. The molecule has 3 nitrogen and oxygen atoms in total. The molecule has 110 valence electrons. The molecule has 0 bridgehead atoms. The first kappa shape index (κ1) is 14.2. The van der Waals surface area contributed by atoms with Crippen molar-refractivity contribution in [2.24, 2.45) is 0 Å². The van der Waals surface area contributed by atoms with Gasteiger partial charge in [-0.3, -0.25) is 4.90 Å². The monoisotopic (exact) mass is 305 g/mol. The topological polar surface area (TPSA) is 29.5 Å². The molecule has 0 saturated heterocycles. The molecule has 0 N–H and O–H groups in total. The summed E-state index contributed by atoms with van der Waals surface area (Å²) in [6.07, 6.45) is 1.05. The smallest absolute Gasteiger partial charge is 0.340 e. The van der Waals surface area contributed by atoms with Gasteiger partial charge in [0.15, 0.2) is 0 Å². The third-order valence-electron chi connectivity index (χ3n) is 3.73. The van der Waals surface area contributed by atoms with Crippen molar-refractivity contribution in [3.05, 3.63) is 57.0 Å². The summed E-state index contributed by atoms with van der Waals surface area (Å²) in [4.78, 5) is 15.1. The summed E-state index contributed by atoms with van der Waals surface area (Å²) in [6.45, 7) is 2.57. The quantitative estimate of drug-likeness (QED) is 0.815. The molecular weight excluding hydrogens is 289 g/mol. The van der Waals surface area contributed by atoms with Gasteiger partial charge in [0.25, 0.3) is 0 Å². The minimum atomic E-state index is -0.639. The highest BCUT2D eigenvalue weighted by atomic mass is 32.1. The first-order valence-corrected chi connectivity index (χ1v) is 7.69. The van der Waals surface area contributed by atoms with E-state index < -0.39 is 11.8 Å². The highest BCUT2D eigenvalue weighted by Gasteiger charge is 2.18. The number of thiophene rings is 1. The number of hydrogen-bond acceptors (Lipinski definition) is 4. The Morgan fingerprint density at radius 3 is 3.05 bits per heavy atom. The summed E-state index contributed by atoms with van der Waals surface area (Å²) in [5.74, 6) is -1.16. The third-order valence-corrected chi connectivity index (χ3v) is 4.75. The highest BCUT2D eigenvalue weighted by molar-refractivity contribution is 7.10. The molecule has 1 aliphatic rings. The number of nitrogens with zero attached hydrogens (tertiary/aromatic N) is 1. The van der Waals surface area contributed by atoms with Gasteiger partial charge >= 0.3 is 5.97 Å². The first-order chi connectivity index (χ1) is 10.2. The SMILES string of the molecule is COC(=O)c1ccc(CN2CCc3sccc3C2)cc1F. The molecule has 1 aromatic heterocycles. The van der Waals surface area contributed by atoms with Crippen molar-refractivity contribution in [1.29, 1.82) is 0 Å². The Labute approximate surface area is 127 Å². The van der Waals surface area contributed by atoms with Gasteiger partial charge in [0.05, 0.1) is 12.7 Å². The van der Waals surface area contributed by atoms with Crippen molar-refractivity contribution in [1.82, 2.24) is 4.90 Å². The summed E-state index contributed by atoms with van der Waals surface area (Å²) < 4.78 is 18.5. The van der Waals surface area contributed by atoms with Gasteiger partial charge in [0.1, 0.15) is 5.82 Å². The number of fused-ring (bicyclic) bond motifs is 1. The number of rotatable bonds is 3. The van der Waals surface area contributed by atoms with E-state index in [0.29, 0.717) is 6.54 Å². The lowest BCUT2D eigenvalue weighted by molar-refractivity contribution is 0.0595. The number of hydrogen-bond donors (Lipinski definition) is 0. The molecule has 0 fully saturated rings. The summed E-state index contributed by atoms with van der Waals surface area (Å²) >= 11 is 1.81. The number of ether oxygens (including phenoxy) is 1. The second kappa shape index (κ2) is 5.95. The predicted molar refractivity (Wildman–Crippen MR) is 79.9 cm³/mol. The molecule has 1 aromatic carbocycles. The molecule has 0 saturated carbocycles. The van der Waals surface area contributed by atoms with Gasteiger partial charge in [-0.25, -0.2) is 9.18 Å². The lowest BCUT2D eigenvalue weighted by Crippen LogP contribution is -2.29. The molecule has 0 aliphatic carbocycles. The Bertz CT molecular complexity index is 668. The van der Waals surface area contributed by atoms with E-state index in [9.17, 15) is 9.18 Å². The molecule has 0 unspecified atom stereocenters. The van der Waals surface area contributed by atoms with Crippen molar-refractivity contribution in [2.45, 2.75) is 19.5 Å². The molecule has 0 amide bonds. The molecule has 1 aliphatic heterocycles. The largest absolute Gasteiger partial charge is 0.465 e. The molecule has 2 heterocycles. The van der Waals surface area contributed by atoms with Crippen LogP contribution in [0.2, 0.25) is 0 Å². The number of esters is 1. The molecule has 0 radical (unpaired) electrons. The summed E-state index contributed by atoms with van der Waals surface area (Å²) in [5, 5.41) is 2.12. The zero-order valence-corrected chi connectivity index (χ0v) is 12.6. The zero-order valence-electron chi connectivity index (χ0n) is 11.8. The van der Waals surface area contributed by atoms with Crippen LogP contribution in [0.3, 0.4) is 0 Å². The van der Waals surface area contributed by atoms with E-state index in [1.54, 1.807) is 17.4 Å². The van der Waals surface area contributed by atoms with Gasteiger partial charge in [0, 0.05) is 24.5 Å². The second-order valence-electron chi connectivity index (χ2n) is 5.14. The summed E-state index contributed by atoms with van der Waals surface area (Å²) in [5.41, 5.74) is 2.23. The standard InChI is InChI=1S/C16H16FNO2S/c1-20-16(19)13-3-2-11(8-14(13)17)9-18-6-4-15-12(10-18)5-7-21-15/h2-3,5,7-8H,4,6,9-10H2,1H3. The second-order valence-corrected chi connectivity index (χ2v) is 6.14. The molecule has 0 atom stereocenters. The number of halogens is 1. The average Bonchev–Trinajstić information content (AvgIpc) is 2.94. The van der Waals surface area contributed by atoms with Gasteiger partial charge in [0.2, 0.25) is 0 Å². The molecule has 3 rings (SSSR count). The fourth-order valence-electron chi connectivity index (χ4n) is 2.63. The number of benzene rings is 1. The van der Waals surface area contributed by atoms with Crippen LogP contribution >= 0.6 is 11.3 Å². The summed E-state index contributed by atoms with van der Waals surface area (Å²) in [7, 11) is 1.25. The van der Waals surface area contributed by atoms with Crippen molar-refractivity contribution in [3.8, 4) is 0 Å². The van der Waals surface area contributed by atoms with Crippen LogP contribution in [0.4, 0.5) is 4.39 Å². The van der Waals surface area contributed by atoms with E-state index in [1.807, 2.05) is 0 Å². The number of carbonyl (C=O) groups excluding carboxylic acids is 1. The van der Waals surface area contributed by atoms with Crippen LogP contribution in [0.25, 0.3) is 0 Å². The van der Waals surface area contributed by atoms with Gasteiger partial charge in [-0.2, -0.15) is 0 Å². The fraction of sp³-hybridized carbons (Fsp3) is 0.312. The Balaban J connectivity index is 1.71. The molecule has 5 heteroatoms. The van der Waals surface area contributed by atoms with Gasteiger partial charge in [-0.05, 0) is 41.1 Å². The van der Waals surface area contributed by atoms with Crippen molar-refractivity contribution < 1.29 is 13.9 Å². The van der Waals surface area contributed by atoms with E-state index in [1.165, 1.54) is 29.7 Å². The maximum atomic E-state index is 13.9. The van der Waals surface area contributed by atoms with Gasteiger partial charge in [-0.1, -0.05) is 6.07 Å². The molecule has 0 spiro atoms. The van der Waals surface area contributed by atoms with Crippen LogP contribution < -0.4 is 0 Å². The van der Waals surface area contributed by atoms with Crippen molar-refractivity contribution in [3.63, 3.8) is 0 Å². The van der Waals surface area contributed by atoms with Crippen LogP contribution in [-0.4, -0.2) is 24.5 Å². The molecular formula is C16H16FNO2S. The Hall–Kier alpha value is -1.72. The van der Waals surface area contributed by atoms with Crippen LogP contribution in [0.1, 0.15) is 26.4 Å². The summed E-state index contributed by atoms with van der Waals surface area (Å²) in [6, 6.07) is 6.87. The third kappa shape index (κ3) is 2.99. The number of methoxy groups -OCH3 is 1. The Morgan fingerprint density at radius 1 is 1.43 bits per heavy atom. The van der Waals surface area contributed by atoms with E-state index in [4.69, 9.17) is 0 Å². The fourth-order valence-corrected chi connectivity index (χ4v) is 3.52. The Morgan fingerprint density at radius 2 is 2.29 bits per heavy atom. The van der Waals surface area contributed by atoms with Crippen LogP contribution in [-0.2, 0) is 24.2 Å². The van der Waals surface area contributed by atoms with E-state index >= 15 is 0 Å². The predicted octanol–water partition coefficient (Wildman–Crippen LogP) is 3.23.